The molecular formula is C18H15FN2O3S. The molecule has 5 nitrogen and oxygen atoms in total. The Kier molecular flexibility index (Phi) is 4.72. The minimum atomic E-state index is -0.618. The number of fused-ring (bicyclic) bond motifs is 1. The van der Waals surface area contributed by atoms with Gasteiger partial charge in [0, 0.05) is 23.6 Å². The molecule has 128 valence electrons. The van der Waals surface area contributed by atoms with Gasteiger partial charge in [-0.1, -0.05) is 0 Å². The Bertz CT molecular complexity index is 987. The van der Waals surface area contributed by atoms with Crippen molar-refractivity contribution < 1.29 is 18.6 Å². The fraction of sp³-hybridized carbons (Fsp3) is 0.167. The lowest BCUT2D eigenvalue weighted by Gasteiger charge is -2.14. The second-order valence-electron chi connectivity index (χ2n) is 5.02. The van der Waals surface area contributed by atoms with E-state index in [1.807, 2.05) is 6.26 Å². The molecule has 1 aromatic heterocycles. The van der Waals surface area contributed by atoms with Crippen LogP contribution in [-0.2, 0) is 0 Å². The number of hydrogen-bond donors (Lipinski definition) is 1. The van der Waals surface area contributed by atoms with Crippen molar-refractivity contribution in [1.82, 2.24) is 4.98 Å². The summed E-state index contributed by atoms with van der Waals surface area (Å²) in [6.45, 7) is 0. The number of rotatable bonds is 5. The van der Waals surface area contributed by atoms with Crippen molar-refractivity contribution in [3.63, 3.8) is 0 Å². The number of nitrogens with two attached hydrogens (primary N) is 1. The SMILES string of the molecule is COc1cc2nc(SC)cc(OC3=C=C=C(N)C=C3F)c2cc1OC. The topological polar surface area (TPSA) is 66.6 Å². The number of aromatic nitrogens is 1. The Morgan fingerprint density at radius 1 is 1.08 bits per heavy atom. The Hall–Kier alpha value is -2.85. The van der Waals surface area contributed by atoms with Gasteiger partial charge in [-0.15, -0.1) is 11.8 Å². The molecule has 2 aromatic rings. The van der Waals surface area contributed by atoms with Gasteiger partial charge >= 0.3 is 0 Å². The van der Waals surface area contributed by atoms with Crippen molar-refractivity contribution in [2.75, 3.05) is 20.5 Å². The number of thioether (sulfide) groups is 1. The molecule has 0 saturated heterocycles. The van der Waals surface area contributed by atoms with Gasteiger partial charge in [0.25, 0.3) is 0 Å². The van der Waals surface area contributed by atoms with Gasteiger partial charge in [-0.05, 0) is 23.8 Å². The summed E-state index contributed by atoms with van der Waals surface area (Å²) in [5, 5.41) is 1.37. The lowest BCUT2D eigenvalue weighted by atomic mass is 10.1. The van der Waals surface area contributed by atoms with Crippen molar-refractivity contribution in [2.24, 2.45) is 5.73 Å². The number of halogens is 1. The summed E-state index contributed by atoms with van der Waals surface area (Å²) in [6, 6.07) is 5.21. The summed E-state index contributed by atoms with van der Waals surface area (Å²) >= 11 is 1.44. The highest BCUT2D eigenvalue weighted by Gasteiger charge is 2.16. The minimum absolute atomic E-state index is 0.0939. The first-order valence-corrected chi connectivity index (χ1v) is 8.45. The Morgan fingerprint density at radius 2 is 1.80 bits per heavy atom. The quantitative estimate of drug-likeness (QED) is 0.649. The largest absolute Gasteiger partial charge is 0.493 e. The van der Waals surface area contributed by atoms with Crippen molar-refractivity contribution in [3.8, 4) is 17.2 Å². The average molecular weight is 358 g/mol. The molecule has 1 aromatic carbocycles. The fourth-order valence-corrected chi connectivity index (χ4v) is 2.71. The standard InChI is InChI=1S/C18H15FN2O3S/c1-22-16-7-11-13(8-17(16)23-2)21-18(25-3)9-15(11)24-14-5-4-10(20)6-12(14)19/h6-9H,20H2,1-3H3. The van der Waals surface area contributed by atoms with E-state index in [0.717, 1.165) is 11.1 Å². The maximum Gasteiger partial charge on any atom is 0.213 e. The summed E-state index contributed by atoms with van der Waals surface area (Å²) in [4.78, 5) is 4.53. The third-order valence-corrected chi connectivity index (χ3v) is 4.12. The predicted molar refractivity (Wildman–Crippen MR) is 94.7 cm³/mol. The van der Waals surface area contributed by atoms with Crippen molar-refractivity contribution >= 4 is 22.7 Å². The molecule has 0 atom stereocenters. The van der Waals surface area contributed by atoms with Gasteiger partial charge in [0.2, 0.25) is 5.76 Å². The van der Waals surface area contributed by atoms with Crippen LogP contribution in [0.15, 0.2) is 58.0 Å². The predicted octanol–water partition coefficient (Wildman–Crippen LogP) is 3.70. The summed E-state index contributed by atoms with van der Waals surface area (Å²) in [5.41, 5.74) is 11.5. The van der Waals surface area contributed by atoms with Crippen LogP contribution in [0.25, 0.3) is 10.9 Å². The maximum absolute atomic E-state index is 14.1. The van der Waals surface area contributed by atoms with Crippen LogP contribution < -0.4 is 19.9 Å². The second-order valence-corrected chi connectivity index (χ2v) is 5.84. The zero-order valence-corrected chi connectivity index (χ0v) is 14.7. The first-order chi connectivity index (χ1) is 12.0. The normalized spacial score (nSPS) is 13.2. The molecule has 1 aliphatic rings. The highest BCUT2D eigenvalue weighted by molar-refractivity contribution is 7.98. The molecular weight excluding hydrogens is 343 g/mol. The molecule has 0 aliphatic heterocycles. The molecule has 0 radical (unpaired) electrons. The molecule has 0 bridgehead atoms. The molecule has 25 heavy (non-hydrogen) atoms. The number of methoxy groups -OCH3 is 2. The average Bonchev–Trinajstić information content (AvgIpc) is 2.62. The summed E-state index contributed by atoms with van der Waals surface area (Å²) in [5.74, 6) is 0.775. The molecule has 0 saturated carbocycles. The monoisotopic (exact) mass is 358 g/mol. The smallest absolute Gasteiger partial charge is 0.213 e. The number of ether oxygens (including phenoxy) is 3. The van der Waals surface area contributed by atoms with Crippen LogP contribution in [0.2, 0.25) is 0 Å². The van der Waals surface area contributed by atoms with Gasteiger partial charge in [0.1, 0.15) is 10.8 Å². The van der Waals surface area contributed by atoms with E-state index >= 15 is 0 Å². The Balaban J connectivity index is 2.20. The van der Waals surface area contributed by atoms with Crippen LogP contribution in [0.3, 0.4) is 0 Å². The summed E-state index contributed by atoms with van der Waals surface area (Å²) in [7, 11) is 3.09. The maximum atomic E-state index is 14.1. The first kappa shape index (κ1) is 17.0. The highest BCUT2D eigenvalue weighted by Crippen LogP contribution is 2.38. The van der Waals surface area contributed by atoms with Crippen LogP contribution in [-0.4, -0.2) is 25.5 Å². The van der Waals surface area contributed by atoms with E-state index in [1.54, 1.807) is 25.3 Å². The van der Waals surface area contributed by atoms with Crippen LogP contribution in [0.1, 0.15) is 0 Å². The van der Waals surface area contributed by atoms with Gasteiger partial charge in [0.15, 0.2) is 17.3 Å². The van der Waals surface area contributed by atoms with Crippen LogP contribution in [0, 0.1) is 0 Å². The minimum Gasteiger partial charge on any atom is -0.493 e. The molecule has 7 heteroatoms. The number of benzene rings is 1. The number of allylic oxidation sites excluding steroid dienone is 2. The molecule has 2 N–H and O–H groups in total. The van der Waals surface area contributed by atoms with Crippen molar-refractivity contribution in [1.29, 1.82) is 0 Å². The van der Waals surface area contributed by atoms with Gasteiger partial charge in [-0.25, -0.2) is 9.37 Å². The molecule has 0 unspecified atom stereocenters. The number of hydrogen-bond acceptors (Lipinski definition) is 6. The second kappa shape index (κ2) is 6.95. The van der Waals surface area contributed by atoms with Gasteiger partial charge in [0.05, 0.1) is 25.4 Å². The molecule has 1 aliphatic carbocycles. The number of nitrogens with zero attached hydrogens (tertiary/aromatic N) is 1. The summed E-state index contributed by atoms with van der Waals surface area (Å²) < 4.78 is 30.4. The van der Waals surface area contributed by atoms with E-state index < -0.39 is 5.83 Å². The third-order valence-electron chi connectivity index (χ3n) is 3.49. The van der Waals surface area contributed by atoms with Gasteiger partial charge < -0.3 is 19.9 Å². The van der Waals surface area contributed by atoms with Crippen LogP contribution in [0.4, 0.5) is 4.39 Å². The fourth-order valence-electron chi connectivity index (χ4n) is 2.30. The van der Waals surface area contributed by atoms with E-state index in [2.05, 4.69) is 16.4 Å². The lowest BCUT2D eigenvalue weighted by molar-refractivity contribution is 0.355. The third kappa shape index (κ3) is 3.35. The Labute approximate surface area is 148 Å². The molecule has 0 spiro atoms. The van der Waals surface area contributed by atoms with E-state index in [4.69, 9.17) is 19.9 Å². The van der Waals surface area contributed by atoms with Gasteiger partial charge in [-0.3, -0.25) is 0 Å². The van der Waals surface area contributed by atoms with E-state index in [0.29, 0.717) is 28.2 Å². The first-order valence-electron chi connectivity index (χ1n) is 7.23. The molecule has 0 fully saturated rings. The highest BCUT2D eigenvalue weighted by atomic mass is 32.2. The van der Waals surface area contributed by atoms with E-state index in [1.165, 1.54) is 18.9 Å². The molecule has 0 amide bonds. The number of pyridine rings is 1. The van der Waals surface area contributed by atoms with Crippen molar-refractivity contribution in [2.45, 2.75) is 5.03 Å². The zero-order valence-electron chi connectivity index (χ0n) is 13.8. The van der Waals surface area contributed by atoms with Crippen LogP contribution in [0.5, 0.6) is 17.2 Å². The van der Waals surface area contributed by atoms with Crippen LogP contribution >= 0.6 is 11.8 Å². The Morgan fingerprint density at radius 3 is 2.44 bits per heavy atom. The van der Waals surface area contributed by atoms with E-state index in [9.17, 15) is 4.39 Å². The van der Waals surface area contributed by atoms with Crippen molar-refractivity contribution in [3.05, 3.63) is 53.0 Å². The zero-order chi connectivity index (χ0) is 18.0. The van der Waals surface area contributed by atoms with E-state index in [-0.39, 0.29) is 11.5 Å². The molecule has 1 heterocycles. The summed E-state index contributed by atoms with van der Waals surface area (Å²) in [6.07, 6.45) is 3.02. The van der Waals surface area contributed by atoms with Gasteiger partial charge in [-0.2, -0.15) is 0 Å². The molecule has 3 rings (SSSR count). The lowest BCUT2D eigenvalue weighted by Crippen LogP contribution is -2.02.